The van der Waals surface area contributed by atoms with Crippen molar-refractivity contribution >= 4 is 21.9 Å². The molecule has 11 nitrogen and oxygen atoms in total. The zero-order valence-corrected chi connectivity index (χ0v) is 15.8. The number of rotatable bonds is 6. The van der Waals surface area contributed by atoms with Gasteiger partial charge in [0, 0.05) is 40.4 Å². The molecular weight excluding hydrogens is 360 g/mol. The first-order chi connectivity index (χ1) is 12.3. The fourth-order valence-corrected chi connectivity index (χ4v) is 3.30. The highest BCUT2D eigenvalue weighted by atomic mass is 32.2. The van der Waals surface area contributed by atoms with Crippen molar-refractivity contribution in [2.75, 3.05) is 50.2 Å². The van der Waals surface area contributed by atoms with Crippen LogP contribution in [-0.2, 0) is 28.4 Å². The van der Waals surface area contributed by atoms with Gasteiger partial charge in [-0.15, -0.1) is 0 Å². The summed E-state index contributed by atoms with van der Waals surface area (Å²) in [4.78, 5) is 20.8. The Morgan fingerprint density at radius 1 is 1.23 bits per heavy atom. The van der Waals surface area contributed by atoms with E-state index in [1.807, 2.05) is 19.0 Å². The molecule has 1 aliphatic heterocycles. The summed E-state index contributed by atoms with van der Waals surface area (Å²) in [6.45, 7) is 2.50. The first kappa shape index (κ1) is 18.5. The van der Waals surface area contributed by atoms with Crippen molar-refractivity contribution in [1.82, 2.24) is 29.2 Å². The molecule has 0 aromatic carbocycles. The third kappa shape index (κ3) is 4.26. The van der Waals surface area contributed by atoms with Gasteiger partial charge in [0.1, 0.15) is 0 Å². The summed E-state index contributed by atoms with van der Waals surface area (Å²) in [5.74, 6) is 1.32. The molecule has 2 aromatic rings. The number of ether oxygens (including phenoxy) is 1. The predicted molar refractivity (Wildman–Crippen MR) is 94.4 cm³/mol. The minimum atomic E-state index is -3.74. The Labute approximate surface area is 152 Å². The molecule has 0 saturated carbocycles. The quantitative estimate of drug-likeness (QED) is 0.670. The number of aryl methyl sites for hydroxylation is 1. The van der Waals surface area contributed by atoms with Gasteiger partial charge in [-0.3, -0.25) is 0 Å². The van der Waals surface area contributed by atoms with Crippen LogP contribution in [0, 0.1) is 0 Å². The zero-order valence-electron chi connectivity index (χ0n) is 15.0. The number of imidazole rings is 1. The highest BCUT2D eigenvalue weighted by Crippen LogP contribution is 2.14. The molecule has 1 aliphatic rings. The Kier molecular flexibility index (Phi) is 5.34. The maximum atomic E-state index is 12.3. The summed E-state index contributed by atoms with van der Waals surface area (Å²) >= 11 is 0. The molecular formula is C14H22N8O3S. The minimum absolute atomic E-state index is 0.0460. The van der Waals surface area contributed by atoms with Crippen LogP contribution in [0.1, 0.15) is 5.82 Å². The van der Waals surface area contributed by atoms with Gasteiger partial charge >= 0.3 is 0 Å². The van der Waals surface area contributed by atoms with Gasteiger partial charge in [-0.2, -0.15) is 15.0 Å². The number of morpholine rings is 1. The summed E-state index contributed by atoms with van der Waals surface area (Å²) in [5, 5.41) is -0.0460. The smallest absolute Gasteiger partial charge is 0.259 e. The summed E-state index contributed by atoms with van der Waals surface area (Å²) < 4.78 is 34.1. The van der Waals surface area contributed by atoms with Crippen LogP contribution in [0.5, 0.6) is 0 Å². The van der Waals surface area contributed by atoms with Gasteiger partial charge in [0.05, 0.1) is 26.1 Å². The topological polar surface area (TPSA) is 118 Å². The van der Waals surface area contributed by atoms with E-state index in [1.54, 1.807) is 16.5 Å². The number of nitrogens with zero attached hydrogens (tertiary/aromatic N) is 7. The van der Waals surface area contributed by atoms with Gasteiger partial charge in [-0.05, 0) is 0 Å². The van der Waals surface area contributed by atoms with Crippen LogP contribution < -0.4 is 14.5 Å². The molecule has 0 atom stereocenters. The molecule has 0 unspecified atom stereocenters. The van der Waals surface area contributed by atoms with E-state index < -0.39 is 10.0 Å². The van der Waals surface area contributed by atoms with Crippen LogP contribution in [0.15, 0.2) is 17.6 Å². The molecule has 3 heterocycles. The third-order valence-corrected chi connectivity index (χ3v) is 5.01. The van der Waals surface area contributed by atoms with Crippen LogP contribution in [0.25, 0.3) is 0 Å². The van der Waals surface area contributed by atoms with E-state index in [2.05, 4.69) is 24.7 Å². The second-order valence-corrected chi connectivity index (χ2v) is 7.76. The average molecular weight is 382 g/mol. The average Bonchev–Trinajstić information content (AvgIpc) is 3.08. The summed E-state index contributed by atoms with van der Waals surface area (Å²) in [7, 11) is 1.61. The Balaban J connectivity index is 1.81. The summed E-state index contributed by atoms with van der Waals surface area (Å²) in [5.41, 5.74) is 0. The Bertz CT molecular complexity index is 861. The fourth-order valence-electron chi connectivity index (χ4n) is 2.34. The van der Waals surface area contributed by atoms with Crippen molar-refractivity contribution in [1.29, 1.82) is 0 Å². The Hall–Kier alpha value is -2.31. The lowest BCUT2D eigenvalue weighted by Crippen LogP contribution is -2.38. The van der Waals surface area contributed by atoms with Crippen LogP contribution in [0.3, 0.4) is 0 Å². The molecule has 0 aliphatic carbocycles. The Morgan fingerprint density at radius 2 is 1.96 bits per heavy atom. The van der Waals surface area contributed by atoms with Crippen molar-refractivity contribution in [3.05, 3.63) is 18.3 Å². The van der Waals surface area contributed by atoms with Crippen LogP contribution in [-0.4, -0.2) is 73.3 Å². The second kappa shape index (κ2) is 7.51. The van der Waals surface area contributed by atoms with Crippen LogP contribution in [0.2, 0.25) is 0 Å². The van der Waals surface area contributed by atoms with Crippen molar-refractivity contribution in [3.63, 3.8) is 0 Å². The van der Waals surface area contributed by atoms with E-state index in [0.717, 1.165) is 0 Å². The largest absolute Gasteiger partial charge is 0.378 e. The maximum absolute atomic E-state index is 12.3. The van der Waals surface area contributed by atoms with Gasteiger partial charge in [-0.1, -0.05) is 0 Å². The van der Waals surface area contributed by atoms with Crippen molar-refractivity contribution in [2.24, 2.45) is 7.05 Å². The number of aromatic nitrogens is 5. The third-order valence-electron chi connectivity index (χ3n) is 3.73. The second-order valence-electron chi connectivity index (χ2n) is 6.05. The molecule has 26 heavy (non-hydrogen) atoms. The molecule has 0 spiro atoms. The highest BCUT2D eigenvalue weighted by molar-refractivity contribution is 7.89. The summed E-state index contributed by atoms with van der Waals surface area (Å²) in [6.07, 6.45) is 2.86. The predicted octanol–water partition coefficient (Wildman–Crippen LogP) is -1.01. The van der Waals surface area contributed by atoms with Crippen LogP contribution >= 0.6 is 0 Å². The number of hydrogen-bond acceptors (Lipinski definition) is 9. The van der Waals surface area contributed by atoms with E-state index in [0.29, 0.717) is 44.0 Å². The van der Waals surface area contributed by atoms with Gasteiger partial charge in [0.2, 0.25) is 11.9 Å². The van der Waals surface area contributed by atoms with Gasteiger partial charge in [-0.25, -0.2) is 18.1 Å². The van der Waals surface area contributed by atoms with Crippen molar-refractivity contribution < 1.29 is 13.2 Å². The maximum Gasteiger partial charge on any atom is 0.259 e. The molecule has 0 bridgehead atoms. The van der Waals surface area contributed by atoms with Gasteiger partial charge in [0.15, 0.2) is 10.9 Å². The number of sulfonamides is 1. The molecule has 1 N–H and O–H groups in total. The fraction of sp³-hybridized carbons (Fsp3) is 0.571. The standard InChI is InChI=1S/C14H22N8O3S/c1-20(2)13-17-11(18-14(19-13)22-4-6-25-7-5-22)8-16-26(23,24)12-9-21(3)10-15-12/h9-10,16H,4-8H2,1-3H3. The number of anilines is 2. The molecule has 1 fully saturated rings. The van der Waals surface area contributed by atoms with Gasteiger partial charge in [0.25, 0.3) is 10.0 Å². The van der Waals surface area contributed by atoms with Gasteiger partial charge < -0.3 is 19.1 Å². The first-order valence-corrected chi connectivity index (χ1v) is 9.56. The molecule has 3 rings (SSSR count). The van der Waals surface area contributed by atoms with E-state index in [-0.39, 0.29) is 11.6 Å². The first-order valence-electron chi connectivity index (χ1n) is 8.08. The molecule has 1 saturated heterocycles. The highest BCUT2D eigenvalue weighted by Gasteiger charge is 2.20. The summed E-state index contributed by atoms with van der Waals surface area (Å²) in [6, 6.07) is 0. The number of nitrogens with one attached hydrogen (secondary N) is 1. The monoisotopic (exact) mass is 382 g/mol. The minimum Gasteiger partial charge on any atom is -0.378 e. The van der Waals surface area contributed by atoms with E-state index in [4.69, 9.17) is 4.74 Å². The Morgan fingerprint density at radius 3 is 2.58 bits per heavy atom. The van der Waals surface area contributed by atoms with E-state index >= 15 is 0 Å². The molecule has 0 amide bonds. The normalized spacial score (nSPS) is 15.3. The van der Waals surface area contributed by atoms with Crippen molar-refractivity contribution in [3.8, 4) is 0 Å². The van der Waals surface area contributed by atoms with E-state index in [9.17, 15) is 8.42 Å². The lowest BCUT2D eigenvalue weighted by Gasteiger charge is -2.27. The number of hydrogen-bond donors (Lipinski definition) is 1. The zero-order chi connectivity index (χ0) is 18.7. The van der Waals surface area contributed by atoms with Crippen molar-refractivity contribution in [2.45, 2.75) is 11.6 Å². The lowest BCUT2D eigenvalue weighted by atomic mass is 10.4. The molecule has 12 heteroatoms. The molecule has 142 valence electrons. The van der Waals surface area contributed by atoms with Crippen LogP contribution in [0.4, 0.5) is 11.9 Å². The SMILES string of the molecule is CN(C)c1nc(CNS(=O)(=O)c2cn(C)cn2)nc(N2CCOCC2)n1. The lowest BCUT2D eigenvalue weighted by molar-refractivity contribution is 0.122. The molecule has 0 radical (unpaired) electrons. The van der Waals surface area contributed by atoms with E-state index in [1.165, 1.54) is 12.5 Å². The molecule has 2 aromatic heterocycles.